The van der Waals surface area contributed by atoms with E-state index in [2.05, 4.69) is 43.4 Å². The number of benzene rings is 1. The van der Waals surface area contributed by atoms with E-state index in [1.54, 1.807) is 4.68 Å². The van der Waals surface area contributed by atoms with Gasteiger partial charge in [0.2, 0.25) is 0 Å². The lowest BCUT2D eigenvalue weighted by molar-refractivity contribution is 0.688. The number of hydrogen-bond acceptors (Lipinski definition) is 3. The van der Waals surface area contributed by atoms with Crippen LogP contribution < -0.4 is 0 Å². The number of hydrogen-bond donors (Lipinski definition) is 0. The molecule has 0 aliphatic heterocycles. The number of aromatic nitrogens is 2. The molecule has 1 aromatic heterocycles. The van der Waals surface area contributed by atoms with Crippen molar-refractivity contribution in [1.82, 2.24) is 9.78 Å². The van der Waals surface area contributed by atoms with Crippen molar-refractivity contribution in [2.24, 2.45) is 4.99 Å². The number of rotatable bonds is 3. The molecule has 86 valence electrons. The second-order valence-corrected chi connectivity index (χ2v) is 4.74. The molecule has 0 spiro atoms. The summed E-state index contributed by atoms with van der Waals surface area (Å²) < 4.78 is 2.53. The summed E-state index contributed by atoms with van der Waals surface area (Å²) in [6, 6.07) is 7.65. The second kappa shape index (κ2) is 5.56. The molecule has 1 heterocycles. The predicted molar refractivity (Wildman–Crippen MR) is 75.2 cm³/mol. The fourth-order valence-electron chi connectivity index (χ4n) is 1.39. The van der Waals surface area contributed by atoms with Crippen LogP contribution in [0.5, 0.6) is 0 Å². The van der Waals surface area contributed by atoms with Gasteiger partial charge in [-0.25, -0.2) is 0 Å². The van der Waals surface area contributed by atoms with Crippen molar-refractivity contribution in [2.75, 3.05) is 0 Å². The fourth-order valence-corrected chi connectivity index (χ4v) is 2.07. The highest BCUT2D eigenvalue weighted by atomic mass is 79.9. The summed E-state index contributed by atoms with van der Waals surface area (Å²) in [5.41, 5.74) is 1.00. The fraction of sp³-hybridized carbons (Fsp3) is 0.0909. The van der Waals surface area contributed by atoms with Crippen molar-refractivity contribution in [3.05, 3.63) is 45.5 Å². The molecule has 0 aliphatic rings. The summed E-state index contributed by atoms with van der Waals surface area (Å²) in [5.74, 6) is 0.520. The van der Waals surface area contributed by atoms with Crippen molar-refractivity contribution in [1.29, 1.82) is 0 Å². The summed E-state index contributed by atoms with van der Waals surface area (Å²) in [6.07, 6.45) is 1.83. The van der Waals surface area contributed by atoms with Crippen LogP contribution in [0.3, 0.4) is 0 Å². The molecule has 1 aromatic carbocycles. The van der Waals surface area contributed by atoms with Gasteiger partial charge in [0.25, 0.3) is 0 Å². The highest BCUT2D eigenvalue weighted by Crippen LogP contribution is 2.24. The Morgan fingerprint density at radius 1 is 1.47 bits per heavy atom. The Balaban J connectivity index is 2.28. The Kier molecular flexibility index (Phi) is 4.07. The Morgan fingerprint density at radius 3 is 2.94 bits per heavy atom. The molecule has 0 bridgehead atoms. The van der Waals surface area contributed by atoms with E-state index in [9.17, 15) is 0 Å². The van der Waals surface area contributed by atoms with E-state index in [-0.39, 0.29) is 0 Å². The molecule has 0 saturated carbocycles. The minimum atomic E-state index is 0.520. The van der Waals surface area contributed by atoms with E-state index in [0.717, 1.165) is 15.1 Å². The van der Waals surface area contributed by atoms with Gasteiger partial charge >= 0.3 is 0 Å². The third-order valence-electron chi connectivity index (χ3n) is 2.14. The van der Waals surface area contributed by atoms with Crippen molar-refractivity contribution in [3.63, 3.8) is 0 Å². The van der Waals surface area contributed by atoms with Crippen molar-refractivity contribution in [2.45, 2.75) is 6.54 Å². The standard InChI is InChI=1S/C11H7BrClN3S/c12-9-6-16(15-11(9)14-7-17)5-8-3-1-2-4-10(8)13/h1-4,6H,5H2. The van der Waals surface area contributed by atoms with Gasteiger partial charge in [0.15, 0.2) is 5.82 Å². The molecule has 17 heavy (non-hydrogen) atoms. The van der Waals surface area contributed by atoms with E-state index in [1.807, 2.05) is 30.5 Å². The number of aliphatic imine (C=N–C) groups is 1. The second-order valence-electron chi connectivity index (χ2n) is 3.29. The molecule has 2 rings (SSSR count). The lowest BCUT2D eigenvalue weighted by Gasteiger charge is -2.03. The first-order valence-electron chi connectivity index (χ1n) is 4.75. The average Bonchev–Trinajstić information content (AvgIpc) is 2.63. The van der Waals surface area contributed by atoms with Gasteiger partial charge in [0, 0.05) is 11.2 Å². The number of isothiocyanates is 1. The molecule has 0 amide bonds. The summed E-state index contributed by atoms with van der Waals surface area (Å²) in [6.45, 7) is 0.589. The maximum atomic E-state index is 6.08. The van der Waals surface area contributed by atoms with Crippen LogP contribution in [0.25, 0.3) is 0 Å². The van der Waals surface area contributed by atoms with Crippen LogP contribution >= 0.6 is 39.7 Å². The van der Waals surface area contributed by atoms with Crippen molar-refractivity contribution >= 4 is 50.7 Å². The largest absolute Gasteiger partial charge is 0.265 e. The van der Waals surface area contributed by atoms with Crippen LogP contribution in [0.1, 0.15) is 5.56 Å². The van der Waals surface area contributed by atoms with Crippen molar-refractivity contribution < 1.29 is 0 Å². The molecule has 0 atom stereocenters. The molecule has 0 unspecified atom stereocenters. The first-order valence-corrected chi connectivity index (χ1v) is 6.33. The summed E-state index contributed by atoms with van der Waals surface area (Å²) in [4.78, 5) is 3.84. The van der Waals surface area contributed by atoms with Gasteiger partial charge in [0.1, 0.15) is 0 Å². The Morgan fingerprint density at radius 2 is 2.24 bits per heavy atom. The minimum Gasteiger partial charge on any atom is -0.265 e. The van der Waals surface area contributed by atoms with E-state index in [1.165, 1.54) is 0 Å². The molecule has 0 aliphatic carbocycles. The topological polar surface area (TPSA) is 30.2 Å². The quantitative estimate of drug-likeness (QED) is 0.628. The van der Waals surface area contributed by atoms with Gasteiger partial charge in [-0.1, -0.05) is 29.8 Å². The van der Waals surface area contributed by atoms with Crippen LogP contribution in [0.4, 0.5) is 5.82 Å². The molecule has 0 N–H and O–H groups in total. The Hall–Kier alpha value is -1.000. The lowest BCUT2D eigenvalue weighted by atomic mass is 10.2. The molecule has 2 aromatic rings. The third-order valence-corrected chi connectivity index (χ3v) is 3.16. The lowest BCUT2D eigenvalue weighted by Crippen LogP contribution is -2.00. The van der Waals surface area contributed by atoms with Gasteiger partial charge in [-0.15, -0.1) is 0 Å². The van der Waals surface area contributed by atoms with Crippen LogP contribution in [0.15, 0.2) is 39.9 Å². The molecule has 0 fully saturated rings. The zero-order valence-electron chi connectivity index (χ0n) is 8.60. The maximum Gasteiger partial charge on any atom is 0.198 e. The number of thiocarbonyl (C=S) groups is 1. The Bertz CT molecular complexity index is 590. The van der Waals surface area contributed by atoms with E-state index in [4.69, 9.17) is 11.6 Å². The highest BCUT2D eigenvalue weighted by molar-refractivity contribution is 9.10. The van der Waals surface area contributed by atoms with E-state index >= 15 is 0 Å². The molecular formula is C11H7BrClN3S. The van der Waals surface area contributed by atoms with Gasteiger partial charge in [-0.3, -0.25) is 4.68 Å². The smallest absolute Gasteiger partial charge is 0.198 e. The first kappa shape index (κ1) is 12.5. The first-order chi connectivity index (χ1) is 8.20. The van der Waals surface area contributed by atoms with Gasteiger partial charge in [-0.05, 0) is 39.8 Å². The predicted octanol–water partition coefficient (Wildman–Crippen LogP) is 4.08. The maximum absolute atomic E-state index is 6.08. The summed E-state index contributed by atoms with van der Waals surface area (Å²) in [5, 5.41) is 7.26. The SMILES string of the molecule is S=C=Nc1nn(Cc2ccccc2Cl)cc1Br. The van der Waals surface area contributed by atoms with Crippen LogP contribution in [-0.2, 0) is 6.54 Å². The zero-order valence-corrected chi connectivity index (χ0v) is 11.8. The molecule has 3 nitrogen and oxygen atoms in total. The number of nitrogens with zero attached hydrogens (tertiary/aromatic N) is 3. The third kappa shape index (κ3) is 3.01. The normalized spacial score (nSPS) is 10.0. The average molecular weight is 329 g/mol. The van der Waals surface area contributed by atoms with Crippen LogP contribution in [-0.4, -0.2) is 14.9 Å². The van der Waals surface area contributed by atoms with Crippen LogP contribution in [0, 0.1) is 0 Å². The molecule has 0 saturated heterocycles. The van der Waals surface area contributed by atoms with Crippen molar-refractivity contribution in [3.8, 4) is 0 Å². The highest BCUT2D eigenvalue weighted by Gasteiger charge is 2.06. The summed E-state index contributed by atoms with van der Waals surface area (Å²) >= 11 is 14.0. The minimum absolute atomic E-state index is 0.520. The monoisotopic (exact) mass is 327 g/mol. The van der Waals surface area contributed by atoms with E-state index in [0.29, 0.717) is 12.4 Å². The molecule has 0 radical (unpaired) electrons. The number of halogens is 2. The van der Waals surface area contributed by atoms with Gasteiger partial charge in [-0.2, -0.15) is 10.1 Å². The van der Waals surface area contributed by atoms with Crippen LogP contribution in [0.2, 0.25) is 5.02 Å². The van der Waals surface area contributed by atoms with E-state index < -0.39 is 0 Å². The summed E-state index contributed by atoms with van der Waals surface area (Å²) in [7, 11) is 0. The Labute approximate surface area is 117 Å². The zero-order chi connectivity index (χ0) is 12.3. The van der Waals surface area contributed by atoms with Gasteiger partial charge in [0.05, 0.1) is 16.2 Å². The molecule has 6 heteroatoms. The van der Waals surface area contributed by atoms with Gasteiger partial charge < -0.3 is 0 Å². The molecular weight excluding hydrogens is 322 g/mol.